The number of aromatic nitrogens is 2. The Labute approximate surface area is 166 Å². The molecule has 1 saturated heterocycles. The largest absolute Gasteiger partial charge is 0.368 e. The fourth-order valence-electron chi connectivity index (χ4n) is 3.65. The van der Waals surface area contributed by atoms with Gasteiger partial charge in [-0.05, 0) is 25.0 Å². The van der Waals surface area contributed by atoms with Crippen LogP contribution in [-0.2, 0) is 0 Å². The highest BCUT2D eigenvalue weighted by Gasteiger charge is 2.24. The highest BCUT2D eigenvalue weighted by atomic mass is 15.3. The van der Waals surface area contributed by atoms with E-state index >= 15 is 0 Å². The topological polar surface area (TPSA) is 44.3 Å². The number of piperazine rings is 1. The van der Waals surface area contributed by atoms with E-state index < -0.39 is 0 Å². The standard InChI is InChI=1S/C23H25N5/c1-3-7-18(8-4-1)21-17-22(24-19-11-12-19)26-23(25-21)28-15-13-27(14-16-28)20-9-5-2-6-10-20/h1-10,17,19H,11-16H2,(H,24,25,26). The molecule has 28 heavy (non-hydrogen) atoms. The maximum Gasteiger partial charge on any atom is 0.227 e. The van der Waals surface area contributed by atoms with E-state index in [0.29, 0.717) is 6.04 Å². The first-order valence-corrected chi connectivity index (χ1v) is 10.1. The molecule has 0 radical (unpaired) electrons. The van der Waals surface area contributed by atoms with Crippen molar-refractivity contribution in [1.82, 2.24) is 9.97 Å². The van der Waals surface area contributed by atoms with Crippen LogP contribution in [-0.4, -0.2) is 42.2 Å². The van der Waals surface area contributed by atoms with E-state index in [1.54, 1.807) is 0 Å². The summed E-state index contributed by atoms with van der Waals surface area (Å²) in [6.07, 6.45) is 2.46. The van der Waals surface area contributed by atoms with Gasteiger partial charge in [0.15, 0.2) is 0 Å². The van der Waals surface area contributed by atoms with E-state index in [9.17, 15) is 0 Å². The smallest absolute Gasteiger partial charge is 0.227 e. The average Bonchev–Trinajstić information content (AvgIpc) is 3.59. The molecular weight excluding hydrogens is 346 g/mol. The van der Waals surface area contributed by atoms with E-state index in [2.05, 4.69) is 75.8 Å². The van der Waals surface area contributed by atoms with Gasteiger partial charge in [-0.15, -0.1) is 0 Å². The molecule has 0 spiro atoms. The lowest BCUT2D eigenvalue weighted by atomic mass is 10.1. The van der Waals surface area contributed by atoms with Crippen molar-refractivity contribution < 1.29 is 0 Å². The highest BCUT2D eigenvalue weighted by Crippen LogP contribution is 2.28. The summed E-state index contributed by atoms with van der Waals surface area (Å²) in [4.78, 5) is 14.5. The van der Waals surface area contributed by atoms with Crippen molar-refractivity contribution in [3.8, 4) is 11.3 Å². The molecule has 2 aliphatic rings. The number of benzene rings is 2. The van der Waals surface area contributed by atoms with Crippen LogP contribution in [0.1, 0.15) is 12.8 Å². The van der Waals surface area contributed by atoms with Crippen LogP contribution in [0.5, 0.6) is 0 Å². The lowest BCUT2D eigenvalue weighted by molar-refractivity contribution is 0.640. The number of hydrogen-bond acceptors (Lipinski definition) is 5. The summed E-state index contributed by atoms with van der Waals surface area (Å²) in [7, 11) is 0. The van der Waals surface area contributed by atoms with Crippen molar-refractivity contribution in [3.63, 3.8) is 0 Å². The molecule has 142 valence electrons. The average molecular weight is 371 g/mol. The van der Waals surface area contributed by atoms with Crippen LogP contribution >= 0.6 is 0 Å². The van der Waals surface area contributed by atoms with Gasteiger partial charge in [0.2, 0.25) is 5.95 Å². The Balaban J connectivity index is 1.38. The van der Waals surface area contributed by atoms with Crippen molar-refractivity contribution in [1.29, 1.82) is 0 Å². The fourth-order valence-corrected chi connectivity index (χ4v) is 3.65. The Kier molecular flexibility index (Phi) is 4.57. The predicted octanol–water partition coefficient (Wildman–Crippen LogP) is 4.04. The summed E-state index contributed by atoms with van der Waals surface area (Å²) in [6, 6.07) is 23.7. The maximum absolute atomic E-state index is 4.91. The molecule has 2 aromatic carbocycles. The van der Waals surface area contributed by atoms with Crippen molar-refractivity contribution in [2.24, 2.45) is 0 Å². The molecular formula is C23H25N5. The Morgan fingerprint density at radius 1 is 0.750 bits per heavy atom. The van der Waals surface area contributed by atoms with Crippen LogP contribution in [0.2, 0.25) is 0 Å². The molecule has 2 fully saturated rings. The molecule has 0 unspecified atom stereocenters. The van der Waals surface area contributed by atoms with Gasteiger partial charge in [0.05, 0.1) is 5.69 Å². The maximum atomic E-state index is 4.91. The molecule has 1 saturated carbocycles. The molecule has 0 bridgehead atoms. The number of anilines is 3. The summed E-state index contributed by atoms with van der Waals surface area (Å²) in [5.74, 6) is 1.77. The minimum absolute atomic E-state index is 0.571. The summed E-state index contributed by atoms with van der Waals surface area (Å²) in [5.41, 5.74) is 3.41. The third-order valence-corrected chi connectivity index (χ3v) is 5.40. The van der Waals surface area contributed by atoms with Gasteiger partial charge in [0.1, 0.15) is 5.82 Å². The molecule has 1 aliphatic carbocycles. The molecule has 3 aromatic rings. The van der Waals surface area contributed by atoms with Gasteiger partial charge in [-0.1, -0.05) is 48.5 Å². The van der Waals surface area contributed by atoms with Crippen LogP contribution in [0, 0.1) is 0 Å². The quantitative estimate of drug-likeness (QED) is 0.733. The van der Waals surface area contributed by atoms with E-state index in [4.69, 9.17) is 9.97 Å². The van der Waals surface area contributed by atoms with Crippen molar-refractivity contribution in [3.05, 3.63) is 66.7 Å². The molecule has 0 amide bonds. The number of nitrogens with one attached hydrogen (secondary N) is 1. The second-order valence-corrected chi connectivity index (χ2v) is 7.53. The van der Waals surface area contributed by atoms with Crippen molar-refractivity contribution >= 4 is 17.5 Å². The number of hydrogen-bond donors (Lipinski definition) is 1. The molecule has 5 heteroatoms. The van der Waals surface area contributed by atoms with Gasteiger partial charge in [0.25, 0.3) is 0 Å². The van der Waals surface area contributed by atoms with Crippen LogP contribution in [0.25, 0.3) is 11.3 Å². The summed E-state index contributed by atoms with van der Waals surface area (Å²) in [6.45, 7) is 3.81. The lowest BCUT2D eigenvalue weighted by Gasteiger charge is -2.36. The predicted molar refractivity (Wildman–Crippen MR) is 115 cm³/mol. The summed E-state index contributed by atoms with van der Waals surface area (Å²) < 4.78 is 0. The summed E-state index contributed by atoms with van der Waals surface area (Å²) >= 11 is 0. The monoisotopic (exact) mass is 371 g/mol. The van der Waals surface area contributed by atoms with Crippen LogP contribution in [0.4, 0.5) is 17.5 Å². The van der Waals surface area contributed by atoms with Crippen LogP contribution in [0.15, 0.2) is 66.7 Å². The first kappa shape index (κ1) is 17.0. The number of rotatable bonds is 5. The van der Waals surface area contributed by atoms with Gasteiger partial charge in [-0.3, -0.25) is 0 Å². The van der Waals surface area contributed by atoms with Crippen molar-refractivity contribution in [2.45, 2.75) is 18.9 Å². The van der Waals surface area contributed by atoms with E-state index in [1.165, 1.54) is 18.5 Å². The van der Waals surface area contributed by atoms with E-state index in [0.717, 1.165) is 49.2 Å². The van der Waals surface area contributed by atoms with E-state index in [1.807, 2.05) is 6.07 Å². The fraction of sp³-hybridized carbons (Fsp3) is 0.304. The minimum Gasteiger partial charge on any atom is -0.368 e. The Hall–Kier alpha value is -3.08. The molecule has 0 atom stereocenters. The molecule has 1 N–H and O–H groups in total. The van der Waals surface area contributed by atoms with Gasteiger partial charge < -0.3 is 15.1 Å². The Morgan fingerprint density at radius 2 is 1.39 bits per heavy atom. The number of para-hydroxylation sites is 1. The zero-order chi connectivity index (χ0) is 18.8. The van der Waals surface area contributed by atoms with Crippen molar-refractivity contribution in [2.75, 3.05) is 41.3 Å². The highest BCUT2D eigenvalue weighted by molar-refractivity contribution is 5.65. The normalized spacial score (nSPS) is 16.9. The second kappa shape index (κ2) is 7.50. The van der Waals surface area contributed by atoms with Crippen LogP contribution in [0.3, 0.4) is 0 Å². The van der Waals surface area contributed by atoms with Crippen LogP contribution < -0.4 is 15.1 Å². The van der Waals surface area contributed by atoms with Gasteiger partial charge >= 0.3 is 0 Å². The Morgan fingerprint density at radius 3 is 2.07 bits per heavy atom. The first-order valence-electron chi connectivity index (χ1n) is 10.1. The summed E-state index contributed by atoms with van der Waals surface area (Å²) in [5, 5.41) is 3.55. The van der Waals surface area contributed by atoms with Gasteiger partial charge in [-0.2, -0.15) is 4.98 Å². The lowest BCUT2D eigenvalue weighted by Crippen LogP contribution is -2.47. The molecule has 2 heterocycles. The zero-order valence-electron chi connectivity index (χ0n) is 16.0. The molecule has 5 rings (SSSR count). The van der Waals surface area contributed by atoms with Gasteiger partial charge in [-0.25, -0.2) is 4.98 Å². The first-order chi connectivity index (χ1) is 13.8. The SMILES string of the molecule is c1ccc(-c2cc(NC3CC3)nc(N3CCN(c4ccccc4)CC3)n2)cc1. The zero-order valence-corrected chi connectivity index (χ0v) is 16.0. The van der Waals surface area contributed by atoms with Gasteiger partial charge in [0, 0.05) is 49.5 Å². The minimum atomic E-state index is 0.571. The Bertz CT molecular complexity index is 916. The number of nitrogens with zero attached hydrogens (tertiary/aromatic N) is 4. The van der Waals surface area contributed by atoms with E-state index in [-0.39, 0.29) is 0 Å². The third-order valence-electron chi connectivity index (χ3n) is 5.40. The molecule has 1 aromatic heterocycles. The second-order valence-electron chi connectivity index (χ2n) is 7.53. The molecule has 5 nitrogen and oxygen atoms in total. The molecule has 1 aliphatic heterocycles. The third kappa shape index (κ3) is 3.79.